The lowest BCUT2D eigenvalue weighted by molar-refractivity contribution is -0.121. The summed E-state index contributed by atoms with van der Waals surface area (Å²) in [5.41, 5.74) is 2.33. The van der Waals surface area contributed by atoms with Crippen LogP contribution in [0.4, 0.5) is 0 Å². The second kappa shape index (κ2) is 5.41. The van der Waals surface area contributed by atoms with E-state index in [0.29, 0.717) is 0 Å². The fourth-order valence-corrected chi connectivity index (χ4v) is 4.93. The van der Waals surface area contributed by atoms with Gasteiger partial charge in [-0.25, -0.2) is 13.1 Å². The predicted octanol–water partition coefficient (Wildman–Crippen LogP) is 2.18. The summed E-state index contributed by atoms with van der Waals surface area (Å²) < 4.78 is 26.9. The molecule has 2 aromatic rings. The van der Waals surface area contributed by atoms with Crippen molar-refractivity contribution in [1.82, 2.24) is 9.71 Å². The fraction of sp³-hybridized carbons (Fsp3) is 0.333. The molecule has 0 unspecified atom stereocenters. The lowest BCUT2D eigenvalue weighted by Gasteiger charge is -2.26. The van der Waals surface area contributed by atoms with E-state index >= 15 is 0 Å². The van der Waals surface area contributed by atoms with E-state index in [0.717, 1.165) is 25.7 Å². The number of carbonyl (C=O) groups is 1. The molecule has 1 aromatic carbocycles. The summed E-state index contributed by atoms with van der Waals surface area (Å²) in [5.74, 6) is -0.680. The van der Waals surface area contributed by atoms with Crippen LogP contribution in [-0.4, -0.2) is 19.3 Å². The van der Waals surface area contributed by atoms with Crippen molar-refractivity contribution in [3.8, 4) is 0 Å². The van der Waals surface area contributed by atoms with E-state index in [4.69, 9.17) is 0 Å². The number of sulfonamides is 1. The van der Waals surface area contributed by atoms with Crippen LogP contribution in [0.25, 0.3) is 0 Å². The summed E-state index contributed by atoms with van der Waals surface area (Å²) in [4.78, 5) is 16.4. The normalized spacial score (nSPS) is 25.1. The van der Waals surface area contributed by atoms with Crippen LogP contribution >= 0.6 is 0 Å². The van der Waals surface area contributed by atoms with Crippen LogP contribution in [0.3, 0.4) is 0 Å². The Morgan fingerprint density at radius 3 is 2.83 bits per heavy atom. The van der Waals surface area contributed by atoms with Gasteiger partial charge in [-0.05, 0) is 48.9 Å². The van der Waals surface area contributed by atoms with Gasteiger partial charge in [-0.2, -0.15) is 0 Å². The molecule has 5 nitrogen and oxygen atoms in total. The lowest BCUT2D eigenvalue weighted by atomic mass is 9.78. The van der Waals surface area contributed by atoms with Gasteiger partial charge in [0.15, 0.2) is 0 Å². The minimum Gasteiger partial charge on any atom is -0.274 e. The Labute approximate surface area is 141 Å². The molecule has 0 saturated heterocycles. The van der Waals surface area contributed by atoms with E-state index in [9.17, 15) is 13.2 Å². The van der Waals surface area contributed by atoms with Crippen LogP contribution in [-0.2, 0) is 26.7 Å². The summed E-state index contributed by atoms with van der Waals surface area (Å²) in [6.45, 7) is 0. The van der Waals surface area contributed by atoms with Crippen molar-refractivity contribution >= 4 is 15.9 Å². The minimum atomic E-state index is -3.86. The second-order valence-corrected chi connectivity index (χ2v) is 8.26. The van der Waals surface area contributed by atoms with Gasteiger partial charge in [0.05, 0.1) is 0 Å². The first kappa shape index (κ1) is 15.3. The molecule has 2 atom stereocenters. The maximum Gasteiger partial charge on any atom is 0.265 e. The molecule has 1 aromatic heterocycles. The SMILES string of the molecule is O=C(NS(=O)(=O)c1cccnc1)[C@@H]1C[C@@]12CCCc1ccccc12. The second-order valence-electron chi connectivity index (χ2n) is 6.58. The average Bonchev–Trinajstić information content (AvgIpc) is 3.31. The van der Waals surface area contributed by atoms with Crippen molar-refractivity contribution in [1.29, 1.82) is 0 Å². The van der Waals surface area contributed by atoms with Gasteiger partial charge >= 0.3 is 0 Å². The molecule has 0 aliphatic heterocycles. The molecule has 1 amide bonds. The van der Waals surface area contributed by atoms with Crippen LogP contribution in [0, 0.1) is 5.92 Å². The summed E-state index contributed by atoms with van der Waals surface area (Å²) in [5, 5.41) is 0. The molecule has 1 N–H and O–H groups in total. The van der Waals surface area contributed by atoms with E-state index < -0.39 is 15.9 Å². The molecule has 4 rings (SSSR count). The highest BCUT2D eigenvalue weighted by molar-refractivity contribution is 7.90. The van der Waals surface area contributed by atoms with Crippen LogP contribution < -0.4 is 4.72 Å². The molecule has 1 spiro atoms. The Morgan fingerprint density at radius 1 is 1.21 bits per heavy atom. The standard InChI is InChI=1S/C18H18N2O3S/c21-17(20-24(22,23)14-7-4-10-19-12-14)16-11-18(16)9-3-6-13-5-1-2-8-15(13)18/h1-2,4-5,7-8,10,12,16H,3,6,9,11H2,(H,20,21)/t16-,18+/m0/s1. The molecule has 1 fully saturated rings. The number of amides is 1. The van der Waals surface area contributed by atoms with Gasteiger partial charge < -0.3 is 0 Å². The summed E-state index contributed by atoms with van der Waals surface area (Å²) in [7, 11) is -3.86. The molecule has 124 valence electrons. The van der Waals surface area contributed by atoms with Gasteiger partial charge in [-0.15, -0.1) is 0 Å². The largest absolute Gasteiger partial charge is 0.274 e. The maximum atomic E-state index is 12.6. The van der Waals surface area contributed by atoms with Crippen molar-refractivity contribution in [2.24, 2.45) is 5.92 Å². The zero-order valence-electron chi connectivity index (χ0n) is 13.1. The number of benzene rings is 1. The lowest BCUT2D eigenvalue weighted by Crippen LogP contribution is -2.34. The van der Waals surface area contributed by atoms with Gasteiger partial charge in [0.2, 0.25) is 5.91 Å². The Bertz CT molecular complexity index is 895. The Morgan fingerprint density at radius 2 is 2.04 bits per heavy atom. The number of carbonyl (C=O) groups excluding carboxylic acids is 1. The molecule has 1 heterocycles. The molecule has 2 aliphatic carbocycles. The third-order valence-electron chi connectivity index (χ3n) is 5.19. The summed E-state index contributed by atoms with van der Waals surface area (Å²) in [6, 6.07) is 11.2. The monoisotopic (exact) mass is 342 g/mol. The van der Waals surface area contributed by atoms with Gasteiger partial charge in [0.25, 0.3) is 10.0 Å². The van der Waals surface area contributed by atoms with E-state index in [1.165, 1.54) is 35.7 Å². The highest BCUT2D eigenvalue weighted by Gasteiger charge is 2.60. The highest BCUT2D eigenvalue weighted by atomic mass is 32.2. The topological polar surface area (TPSA) is 76.1 Å². The van der Waals surface area contributed by atoms with Gasteiger partial charge in [-0.1, -0.05) is 24.3 Å². The highest BCUT2D eigenvalue weighted by Crippen LogP contribution is 2.60. The fourth-order valence-electron chi connectivity index (χ4n) is 3.94. The molecule has 0 radical (unpaired) electrons. The third-order valence-corrected chi connectivity index (χ3v) is 6.53. The zero-order valence-corrected chi connectivity index (χ0v) is 13.9. The first-order valence-electron chi connectivity index (χ1n) is 8.08. The minimum absolute atomic E-state index is 0.0112. The van der Waals surface area contributed by atoms with Crippen molar-refractivity contribution in [3.63, 3.8) is 0 Å². The van der Waals surface area contributed by atoms with Crippen molar-refractivity contribution < 1.29 is 13.2 Å². The first-order chi connectivity index (χ1) is 11.5. The molecule has 1 saturated carbocycles. The van der Waals surface area contributed by atoms with Gasteiger partial charge in [0, 0.05) is 23.7 Å². The predicted molar refractivity (Wildman–Crippen MR) is 88.7 cm³/mol. The van der Waals surface area contributed by atoms with E-state index in [2.05, 4.69) is 21.8 Å². The number of nitrogens with one attached hydrogen (secondary N) is 1. The first-order valence-corrected chi connectivity index (χ1v) is 9.56. The number of pyridine rings is 1. The van der Waals surface area contributed by atoms with Crippen LogP contribution in [0.1, 0.15) is 30.4 Å². The summed E-state index contributed by atoms with van der Waals surface area (Å²) >= 11 is 0. The van der Waals surface area contributed by atoms with E-state index in [1.807, 2.05) is 12.1 Å². The third kappa shape index (κ3) is 2.41. The van der Waals surface area contributed by atoms with E-state index in [1.54, 1.807) is 0 Å². The number of fused-ring (bicyclic) bond motifs is 2. The molecule has 2 aliphatic rings. The number of hydrogen-bond donors (Lipinski definition) is 1. The van der Waals surface area contributed by atoms with Gasteiger partial charge in [-0.3, -0.25) is 9.78 Å². The molecule has 0 bridgehead atoms. The molecular weight excluding hydrogens is 324 g/mol. The number of aryl methyl sites for hydroxylation is 1. The van der Waals surface area contributed by atoms with E-state index in [-0.39, 0.29) is 16.2 Å². The van der Waals surface area contributed by atoms with Gasteiger partial charge in [0.1, 0.15) is 4.90 Å². The summed E-state index contributed by atoms with van der Waals surface area (Å²) in [6.07, 6.45) is 6.47. The Balaban J connectivity index is 1.56. The quantitative estimate of drug-likeness (QED) is 0.927. The smallest absolute Gasteiger partial charge is 0.265 e. The van der Waals surface area contributed by atoms with Crippen LogP contribution in [0.5, 0.6) is 0 Å². The Hall–Kier alpha value is -2.21. The zero-order chi connectivity index (χ0) is 16.8. The number of hydrogen-bond acceptors (Lipinski definition) is 4. The average molecular weight is 342 g/mol. The van der Waals surface area contributed by atoms with Crippen molar-refractivity contribution in [2.45, 2.75) is 36.0 Å². The van der Waals surface area contributed by atoms with Crippen LogP contribution in [0.2, 0.25) is 0 Å². The van der Waals surface area contributed by atoms with Crippen molar-refractivity contribution in [3.05, 3.63) is 59.9 Å². The molecule has 6 heteroatoms. The number of rotatable bonds is 3. The number of aromatic nitrogens is 1. The Kier molecular flexibility index (Phi) is 3.46. The van der Waals surface area contributed by atoms with Crippen LogP contribution in [0.15, 0.2) is 53.7 Å². The maximum absolute atomic E-state index is 12.6. The molecular formula is C18H18N2O3S. The molecule has 24 heavy (non-hydrogen) atoms. The number of nitrogens with zero attached hydrogens (tertiary/aromatic N) is 1. The van der Waals surface area contributed by atoms with Crippen molar-refractivity contribution in [2.75, 3.05) is 0 Å².